The van der Waals surface area contributed by atoms with E-state index in [2.05, 4.69) is 15.5 Å². The van der Waals surface area contributed by atoms with E-state index >= 15 is 0 Å². The summed E-state index contributed by atoms with van der Waals surface area (Å²) in [6, 6.07) is 13.1. The molecule has 0 radical (unpaired) electrons. The molecule has 0 aliphatic carbocycles. The van der Waals surface area contributed by atoms with Crippen LogP contribution in [0.3, 0.4) is 0 Å². The lowest BCUT2D eigenvalue weighted by Crippen LogP contribution is -2.00. The smallest absolute Gasteiger partial charge is 0.246 e. The van der Waals surface area contributed by atoms with E-state index in [0.29, 0.717) is 36.4 Å². The molecule has 0 unspecified atom stereocenters. The quantitative estimate of drug-likeness (QED) is 0.659. The molecule has 7 nitrogen and oxygen atoms in total. The van der Waals surface area contributed by atoms with Gasteiger partial charge in [0.05, 0.1) is 32.9 Å². The molecule has 0 bridgehead atoms. The lowest BCUT2D eigenvalue weighted by Gasteiger charge is -2.07. The molecule has 3 aromatic rings. The summed E-state index contributed by atoms with van der Waals surface area (Å²) >= 11 is 0. The van der Waals surface area contributed by atoms with Gasteiger partial charge in [-0.1, -0.05) is 5.16 Å². The van der Waals surface area contributed by atoms with E-state index in [1.54, 1.807) is 20.3 Å². The highest BCUT2D eigenvalue weighted by atomic mass is 16.5. The summed E-state index contributed by atoms with van der Waals surface area (Å²) < 4.78 is 21.3. The van der Waals surface area contributed by atoms with Crippen LogP contribution in [-0.4, -0.2) is 31.0 Å². The van der Waals surface area contributed by atoms with E-state index < -0.39 is 0 Å². The van der Waals surface area contributed by atoms with Crippen LogP contribution in [0.4, 0.5) is 5.69 Å². The number of nitrogens with zero attached hydrogens (tertiary/aromatic N) is 2. The van der Waals surface area contributed by atoms with E-state index in [1.165, 1.54) is 0 Å². The molecule has 0 atom stereocenters. The van der Waals surface area contributed by atoms with Gasteiger partial charge >= 0.3 is 0 Å². The number of ether oxygens (including phenoxy) is 3. The van der Waals surface area contributed by atoms with Crippen molar-refractivity contribution in [1.82, 2.24) is 10.1 Å². The zero-order chi connectivity index (χ0) is 18.4. The highest BCUT2D eigenvalue weighted by Crippen LogP contribution is 2.31. The number of aromatic nitrogens is 2. The predicted molar refractivity (Wildman–Crippen MR) is 97.8 cm³/mol. The summed E-state index contributed by atoms with van der Waals surface area (Å²) in [5.41, 5.74) is 1.68. The Balaban J connectivity index is 1.68. The molecule has 0 aliphatic rings. The molecule has 136 valence electrons. The molecule has 0 saturated heterocycles. The van der Waals surface area contributed by atoms with Gasteiger partial charge in [0.25, 0.3) is 0 Å². The van der Waals surface area contributed by atoms with Crippen LogP contribution in [0, 0.1) is 0 Å². The predicted octanol–water partition coefficient (Wildman–Crippen LogP) is 3.76. The molecule has 1 heterocycles. The van der Waals surface area contributed by atoms with Crippen LogP contribution < -0.4 is 19.5 Å². The van der Waals surface area contributed by atoms with Gasteiger partial charge in [-0.25, -0.2) is 0 Å². The number of hydrogen-bond acceptors (Lipinski definition) is 7. The van der Waals surface area contributed by atoms with Crippen molar-refractivity contribution in [3.8, 4) is 28.6 Å². The summed E-state index contributed by atoms with van der Waals surface area (Å²) in [6.07, 6.45) is 0. The van der Waals surface area contributed by atoms with E-state index in [0.717, 1.165) is 17.0 Å². The van der Waals surface area contributed by atoms with Crippen LogP contribution >= 0.6 is 0 Å². The molecular weight excluding hydrogens is 334 g/mol. The van der Waals surface area contributed by atoms with Crippen LogP contribution in [0.15, 0.2) is 47.0 Å². The van der Waals surface area contributed by atoms with Crippen LogP contribution in [0.5, 0.6) is 17.2 Å². The van der Waals surface area contributed by atoms with E-state index in [-0.39, 0.29) is 0 Å². The zero-order valence-electron chi connectivity index (χ0n) is 15.0. The van der Waals surface area contributed by atoms with Crippen molar-refractivity contribution >= 4 is 5.69 Å². The lowest BCUT2D eigenvalue weighted by atomic mass is 10.2. The maximum Gasteiger partial charge on any atom is 0.246 e. The van der Waals surface area contributed by atoms with E-state index in [1.807, 2.05) is 43.3 Å². The van der Waals surface area contributed by atoms with Gasteiger partial charge in [-0.05, 0) is 43.3 Å². The first-order valence-electron chi connectivity index (χ1n) is 8.25. The standard InChI is InChI=1S/C19H21N3O4/c1-4-25-14-7-5-13(6-8-14)20-12-18-21-19(22-26-18)16-10-9-15(23-2)11-17(16)24-3/h5-11,20H,4,12H2,1-3H3. The number of anilines is 1. The van der Waals surface area contributed by atoms with Gasteiger partial charge in [0.1, 0.15) is 17.2 Å². The maximum absolute atomic E-state index is 5.42. The number of hydrogen-bond donors (Lipinski definition) is 1. The molecule has 0 saturated carbocycles. The summed E-state index contributed by atoms with van der Waals surface area (Å²) in [5, 5.41) is 7.27. The molecule has 2 aromatic carbocycles. The molecule has 0 aliphatic heterocycles. The Labute approximate surface area is 151 Å². The number of nitrogens with one attached hydrogen (secondary N) is 1. The summed E-state index contributed by atoms with van der Waals surface area (Å²) in [4.78, 5) is 4.42. The third-order valence-electron chi connectivity index (χ3n) is 3.73. The third-order valence-corrected chi connectivity index (χ3v) is 3.73. The second-order valence-electron chi connectivity index (χ2n) is 5.39. The van der Waals surface area contributed by atoms with Gasteiger partial charge < -0.3 is 24.1 Å². The second kappa shape index (κ2) is 8.24. The van der Waals surface area contributed by atoms with Gasteiger partial charge in [0.15, 0.2) is 0 Å². The molecule has 26 heavy (non-hydrogen) atoms. The van der Waals surface area contributed by atoms with Crippen molar-refractivity contribution in [2.24, 2.45) is 0 Å². The average Bonchev–Trinajstić information content (AvgIpc) is 3.16. The molecule has 1 aromatic heterocycles. The van der Waals surface area contributed by atoms with E-state index in [9.17, 15) is 0 Å². The van der Waals surface area contributed by atoms with Crippen LogP contribution in [0.25, 0.3) is 11.4 Å². The molecule has 0 spiro atoms. The fourth-order valence-electron chi connectivity index (χ4n) is 2.43. The third kappa shape index (κ3) is 4.05. The fraction of sp³-hybridized carbons (Fsp3) is 0.263. The van der Waals surface area contributed by atoms with Crippen LogP contribution in [-0.2, 0) is 6.54 Å². The summed E-state index contributed by atoms with van der Waals surface area (Å²) in [7, 11) is 3.19. The van der Waals surface area contributed by atoms with Crippen molar-refractivity contribution < 1.29 is 18.7 Å². The van der Waals surface area contributed by atoms with Gasteiger partial charge in [-0.2, -0.15) is 4.98 Å². The molecule has 7 heteroatoms. The van der Waals surface area contributed by atoms with Gasteiger partial charge in [0, 0.05) is 11.8 Å². The monoisotopic (exact) mass is 355 g/mol. The minimum Gasteiger partial charge on any atom is -0.497 e. The minimum absolute atomic E-state index is 0.416. The summed E-state index contributed by atoms with van der Waals surface area (Å²) in [5.74, 6) is 3.10. The maximum atomic E-state index is 5.42. The minimum atomic E-state index is 0.416. The van der Waals surface area contributed by atoms with E-state index in [4.69, 9.17) is 18.7 Å². The highest BCUT2D eigenvalue weighted by Gasteiger charge is 2.14. The van der Waals surface area contributed by atoms with Gasteiger partial charge in [-0.15, -0.1) is 0 Å². The van der Waals surface area contributed by atoms with Crippen molar-refractivity contribution in [3.05, 3.63) is 48.4 Å². The van der Waals surface area contributed by atoms with Crippen LogP contribution in [0.2, 0.25) is 0 Å². The Hall–Kier alpha value is -3.22. The summed E-state index contributed by atoms with van der Waals surface area (Å²) in [6.45, 7) is 3.02. The van der Waals surface area contributed by atoms with Crippen molar-refractivity contribution in [1.29, 1.82) is 0 Å². The number of methoxy groups -OCH3 is 2. The number of rotatable bonds is 8. The largest absolute Gasteiger partial charge is 0.497 e. The Morgan fingerprint density at radius 2 is 1.77 bits per heavy atom. The molecule has 0 fully saturated rings. The topological polar surface area (TPSA) is 78.6 Å². The Morgan fingerprint density at radius 1 is 1.00 bits per heavy atom. The SMILES string of the molecule is CCOc1ccc(NCc2nc(-c3ccc(OC)cc3OC)no2)cc1. The first-order valence-corrected chi connectivity index (χ1v) is 8.25. The zero-order valence-corrected chi connectivity index (χ0v) is 15.0. The second-order valence-corrected chi connectivity index (χ2v) is 5.39. The first-order chi connectivity index (χ1) is 12.7. The first kappa shape index (κ1) is 17.6. The molecule has 1 N–H and O–H groups in total. The Morgan fingerprint density at radius 3 is 2.46 bits per heavy atom. The average molecular weight is 355 g/mol. The van der Waals surface area contributed by atoms with Crippen molar-refractivity contribution in [3.63, 3.8) is 0 Å². The molecule has 0 amide bonds. The van der Waals surface area contributed by atoms with Crippen LogP contribution in [0.1, 0.15) is 12.8 Å². The lowest BCUT2D eigenvalue weighted by molar-refractivity contribution is 0.340. The van der Waals surface area contributed by atoms with Crippen molar-refractivity contribution in [2.45, 2.75) is 13.5 Å². The highest BCUT2D eigenvalue weighted by molar-refractivity contribution is 5.65. The Bertz CT molecular complexity index is 846. The molecule has 3 rings (SSSR count). The van der Waals surface area contributed by atoms with Gasteiger partial charge in [-0.3, -0.25) is 0 Å². The normalized spacial score (nSPS) is 10.4. The Kier molecular flexibility index (Phi) is 5.58. The van der Waals surface area contributed by atoms with Gasteiger partial charge in [0.2, 0.25) is 11.7 Å². The fourth-order valence-corrected chi connectivity index (χ4v) is 2.43. The molecular formula is C19H21N3O4. The van der Waals surface area contributed by atoms with Crippen molar-refractivity contribution in [2.75, 3.05) is 26.1 Å². The number of benzene rings is 2.